The van der Waals surface area contributed by atoms with Crippen molar-refractivity contribution in [2.24, 2.45) is 10.2 Å². The van der Waals surface area contributed by atoms with Crippen molar-refractivity contribution in [3.05, 3.63) is 35.4 Å². The summed E-state index contributed by atoms with van der Waals surface area (Å²) >= 11 is 6.09. The Morgan fingerprint density at radius 3 is 2.28 bits per heavy atom. The van der Waals surface area contributed by atoms with Crippen LogP contribution in [0.15, 0.2) is 40.6 Å². The molecular weight excluding hydrogens is 438 g/mol. The molecule has 0 aromatic heterocycles. The molecule has 0 radical (unpaired) electrons. The van der Waals surface area contributed by atoms with Crippen molar-refractivity contribution >= 4 is 34.7 Å². The van der Waals surface area contributed by atoms with E-state index in [0.717, 1.165) is 0 Å². The van der Waals surface area contributed by atoms with Crippen LogP contribution in [0.3, 0.4) is 0 Å². The van der Waals surface area contributed by atoms with Crippen molar-refractivity contribution in [2.75, 3.05) is 32.8 Å². The van der Waals surface area contributed by atoms with E-state index >= 15 is 0 Å². The summed E-state index contributed by atoms with van der Waals surface area (Å²) in [6.07, 6.45) is 0. The van der Waals surface area contributed by atoms with E-state index < -0.39 is 17.7 Å². The minimum atomic E-state index is -1.39. The first-order valence-electron chi connectivity index (χ1n) is 9.87. The number of halogens is 1. The molecular formula is C22H26ClN3O6. The quantitative estimate of drug-likeness (QED) is 0.377. The van der Waals surface area contributed by atoms with Crippen LogP contribution in [-0.2, 0) is 9.59 Å². The van der Waals surface area contributed by atoms with Crippen LogP contribution in [0.4, 0.5) is 11.4 Å². The molecule has 1 unspecified atom stereocenters. The second-order valence-corrected chi connectivity index (χ2v) is 6.81. The first-order chi connectivity index (χ1) is 15.3. The molecule has 0 heterocycles. The van der Waals surface area contributed by atoms with E-state index in [1.165, 1.54) is 33.3 Å². The highest BCUT2D eigenvalue weighted by Crippen LogP contribution is 2.36. The van der Waals surface area contributed by atoms with Gasteiger partial charge in [-0.15, -0.1) is 0 Å². The van der Waals surface area contributed by atoms with E-state index in [2.05, 4.69) is 15.5 Å². The van der Waals surface area contributed by atoms with E-state index in [-0.39, 0.29) is 5.69 Å². The third-order valence-corrected chi connectivity index (χ3v) is 4.48. The minimum absolute atomic E-state index is 0.274. The van der Waals surface area contributed by atoms with Crippen LogP contribution < -0.4 is 24.3 Å². The van der Waals surface area contributed by atoms with E-state index in [0.29, 0.717) is 46.9 Å². The van der Waals surface area contributed by atoms with Gasteiger partial charge >= 0.3 is 0 Å². The first kappa shape index (κ1) is 24.9. The van der Waals surface area contributed by atoms with Gasteiger partial charge in [-0.1, -0.05) is 11.6 Å². The molecule has 10 heteroatoms. The van der Waals surface area contributed by atoms with Gasteiger partial charge in [0.1, 0.15) is 28.7 Å². The topological polar surface area (TPSA) is 108 Å². The molecule has 32 heavy (non-hydrogen) atoms. The summed E-state index contributed by atoms with van der Waals surface area (Å²) < 4.78 is 21.5. The molecule has 2 aromatic carbocycles. The summed E-state index contributed by atoms with van der Waals surface area (Å²) in [5.41, 5.74) is 0.636. The standard InChI is InChI=1S/C22H26ClN3O6/c1-6-31-14-8-9-16(20(10-14)32-7-2)25-26-21(13(3)27)22(28)24-17-12-18(29-4)15(23)11-19(17)30-5/h8-12,21H,6-7H2,1-5H3,(H,24,28). The Morgan fingerprint density at radius 1 is 1.00 bits per heavy atom. The number of rotatable bonds is 11. The van der Waals surface area contributed by atoms with E-state index in [1.54, 1.807) is 18.2 Å². The van der Waals surface area contributed by atoms with Gasteiger partial charge in [0, 0.05) is 18.2 Å². The van der Waals surface area contributed by atoms with Gasteiger partial charge in [0.25, 0.3) is 5.91 Å². The van der Waals surface area contributed by atoms with Crippen LogP contribution >= 0.6 is 11.6 Å². The number of methoxy groups -OCH3 is 2. The number of amides is 1. The summed E-state index contributed by atoms with van der Waals surface area (Å²) in [5.74, 6) is 0.490. The molecule has 0 aliphatic carbocycles. The Balaban J connectivity index is 2.31. The number of ketones is 1. The van der Waals surface area contributed by atoms with Gasteiger partial charge in [-0.05, 0) is 32.9 Å². The number of ether oxygens (including phenoxy) is 4. The van der Waals surface area contributed by atoms with Crippen molar-refractivity contribution < 1.29 is 28.5 Å². The molecule has 0 saturated carbocycles. The molecule has 0 spiro atoms. The molecule has 1 amide bonds. The molecule has 1 N–H and O–H groups in total. The van der Waals surface area contributed by atoms with Gasteiger partial charge in [-0.2, -0.15) is 10.2 Å². The normalized spacial score (nSPS) is 11.7. The number of benzene rings is 2. The number of nitrogens with one attached hydrogen (secondary N) is 1. The molecule has 0 bridgehead atoms. The number of hydrogen-bond acceptors (Lipinski definition) is 8. The predicted molar refractivity (Wildman–Crippen MR) is 121 cm³/mol. The fourth-order valence-electron chi connectivity index (χ4n) is 2.70. The maximum Gasteiger partial charge on any atom is 0.258 e. The smallest absolute Gasteiger partial charge is 0.258 e. The van der Waals surface area contributed by atoms with Crippen molar-refractivity contribution in [3.63, 3.8) is 0 Å². The maximum absolute atomic E-state index is 12.8. The predicted octanol–water partition coefficient (Wildman–Crippen LogP) is 4.83. The highest BCUT2D eigenvalue weighted by atomic mass is 35.5. The first-order valence-corrected chi connectivity index (χ1v) is 10.3. The molecule has 1 atom stereocenters. The van der Waals surface area contributed by atoms with Gasteiger partial charge < -0.3 is 24.3 Å². The average Bonchev–Trinajstić information content (AvgIpc) is 2.76. The zero-order chi connectivity index (χ0) is 23.7. The lowest BCUT2D eigenvalue weighted by atomic mass is 10.2. The lowest BCUT2D eigenvalue weighted by Gasteiger charge is -2.15. The Kier molecular flexibility index (Phi) is 9.27. The number of carbonyl (C=O) groups is 2. The fourth-order valence-corrected chi connectivity index (χ4v) is 2.93. The Bertz CT molecular complexity index is 996. The van der Waals surface area contributed by atoms with Crippen LogP contribution in [0, 0.1) is 0 Å². The third-order valence-electron chi connectivity index (χ3n) is 4.19. The summed E-state index contributed by atoms with van der Waals surface area (Å²) in [6.45, 7) is 5.85. The summed E-state index contributed by atoms with van der Waals surface area (Å²) in [6, 6.07) is 6.62. The molecule has 2 rings (SSSR count). The Hall–Kier alpha value is -3.33. The van der Waals surface area contributed by atoms with E-state index in [9.17, 15) is 9.59 Å². The van der Waals surface area contributed by atoms with Crippen LogP contribution in [0.1, 0.15) is 20.8 Å². The van der Waals surface area contributed by atoms with Gasteiger partial charge in [0.05, 0.1) is 38.1 Å². The molecule has 0 saturated heterocycles. The minimum Gasteiger partial charge on any atom is -0.495 e. The molecule has 0 fully saturated rings. The summed E-state index contributed by atoms with van der Waals surface area (Å²) in [7, 11) is 2.87. The lowest BCUT2D eigenvalue weighted by molar-refractivity contribution is -0.126. The Morgan fingerprint density at radius 2 is 1.69 bits per heavy atom. The lowest BCUT2D eigenvalue weighted by Crippen LogP contribution is -2.32. The molecule has 9 nitrogen and oxygen atoms in total. The zero-order valence-electron chi connectivity index (χ0n) is 18.6. The monoisotopic (exact) mass is 463 g/mol. The van der Waals surface area contributed by atoms with Crippen LogP contribution in [0.5, 0.6) is 23.0 Å². The van der Waals surface area contributed by atoms with E-state index in [1.807, 2.05) is 13.8 Å². The number of carbonyl (C=O) groups excluding carboxylic acids is 2. The number of Topliss-reactive ketones (excluding diaryl/α,β-unsaturated/α-hetero) is 1. The van der Waals surface area contributed by atoms with Gasteiger partial charge in [0.2, 0.25) is 6.04 Å². The average molecular weight is 464 g/mol. The second kappa shape index (κ2) is 11.9. The van der Waals surface area contributed by atoms with Crippen LogP contribution in [0.2, 0.25) is 5.02 Å². The number of nitrogens with zero attached hydrogens (tertiary/aromatic N) is 2. The molecule has 0 aliphatic rings. The van der Waals surface area contributed by atoms with Crippen molar-refractivity contribution in [1.82, 2.24) is 0 Å². The van der Waals surface area contributed by atoms with Gasteiger partial charge in [-0.25, -0.2) is 0 Å². The molecule has 0 aliphatic heterocycles. The van der Waals surface area contributed by atoms with Crippen molar-refractivity contribution in [1.29, 1.82) is 0 Å². The van der Waals surface area contributed by atoms with Crippen LogP contribution in [0.25, 0.3) is 0 Å². The van der Waals surface area contributed by atoms with Gasteiger partial charge in [0.15, 0.2) is 5.78 Å². The number of anilines is 1. The molecule has 172 valence electrons. The highest BCUT2D eigenvalue weighted by Gasteiger charge is 2.25. The van der Waals surface area contributed by atoms with Gasteiger partial charge in [-0.3, -0.25) is 9.59 Å². The number of azo groups is 1. The van der Waals surface area contributed by atoms with E-state index in [4.69, 9.17) is 30.5 Å². The molecule has 2 aromatic rings. The third kappa shape index (κ3) is 6.34. The van der Waals surface area contributed by atoms with Crippen LogP contribution in [-0.4, -0.2) is 45.2 Å². The summed E-state index contributed by atoms with van der Waals surface area (Å²) in [4.78, 5) is 24.9. The zero-order valence-corrected chi connectivity index (χ0v) is 19.4. The second-order valence-electron chi connectivity index (χ2n) is 6.40. The highest BCUT2D eigenvalue weighted by molar-refractivity contribution is 6.32. The fraction of sp³-hybridized carbons (Fsp3) is 0.364. The maximum atomic E-state index is 12.8. The summed E-state index contributed by atoms with van der Waals surface area (Å²) in [5, 5.41) is 11.0. The van der Waals surface area contributed by atoms with Crippen molar-refractivity contribution in [3.8, 4) is 23.0 Å². The largest absolute Gasteiger partial charge is 0.495 e. The van der Waals surface area contributed by atoms with Crippen molar-refractivity contribution in [2.45, 2.75) is 26.8 Å². The SMILES string of the molecule is CCOc1ccc(N=NC(C(C)=O)C(=O)Nc2cc(OC)c(Cl)cc2OC)c(OCC)c1. The number of hydrogen-bond donors (Lipinski definition) is 1. The Labute approximate surface area is 191 Å².